The molecule has 0 saturated carbocycles. The zero-order valence-corrected chi connectivity index (χ0v) is 12.8. The van der Waals surface area contributed by atoms with E-state index < -0.39 is 0 Å². The van der Waals surface area contributed by atoms with Gasteiger partial charge in [0.25, 0.3) is 0 Å². The van der Waals surface area contributed by atoms with Crippen LogP contribution in [0.25, 0.3) is 5.32 Å². The van der Waals surface area contributed by atoms with Crippen molar-refractivity contribution < 1.29 is 63.0 Å². The largest absolute Gasteiger partial charge is 1.00 e. The summed E-state index contributed by atoms with van der Waals surface area (Å²) in [6.07, 6.45) is 4.84. The first-order chi connectivity index (χ1) is 5.77. The Morgan fingerprint density at radius 1 is 1.38 bits per heavy atom. The molecular weight excluding hydrogens is 238 g/mol. The first-order valence-electron chi connectivity index (χ1n) is 3.95. The van der Waals surface area contributed by atoms with E-state index >= 15 is 0 Å². The Morgan fingerprint density at radius 2 is 2.15 bits per heavy atom. The van der Waals surface area contributed by atoms with E-state index in [2.05, 4.69) is 10.3 Å². The van der Waals surface area contributed by atoms with E-state index in [9.17, 15) is 4.79 Å². The molecule has 62 valence electrons. The second-order valence-electron chi connectivity index (χ2n) is 2.97. The van der Waals surface area contributed by atoms with Gasteiger partial charge in [0, 0.05) is 12.4 Å². The molecule has 1 aliphatic heterocycles. The Bertz CT molecular complexity index is 338. The molecule has 1 aromatic rings. The van der Waals surface area contributed by atoms with Crippen LogP contribution in [0.3, 0.4) is 0 Å². The van der Waals surface area contributed by atoms with Crippen molar-refractivity contribution in [3.8, 4) is 0 Å². The van der Waals surface area contributed by atoms with Gasteiger partial charge in [0.05, 0.1) is 5.91 Å². The van der Waals surface area contributed by atoms with Crippen LogP contribution >= 0.6 is 0 Å². The molecule has 0 bridgehead atoms. The molecule has 0 N–H and O–H groups in total. The molecule has 0 aromatic carbocycles. The molecule has 0 spiro atoms. The molecule has 0 unspecified atom stereocenters. The van der Waals surface area contributed by atoms with Gasteiger partial charge in [-0.2, -0.15) is 0 Å². The smallest absolute Gasteiger partial charge is 0.626 e. The van der Waals surface area contributed by atoms with E-state index in [1.54, 1.807) is 12.4 Å². The predicted molar refractivity (Wildman–Crippen MR) is 45.3 cm³/mol. The molecule has 0 radical (unpaired) electrons. The van der Waals surface area contributed by atoms with E-state index in [4.69, 9.17) is 0 Å². The first-order valence-corrected chi connectivity index (χ1v) is 3.95. The van der Waals surface area contributed by atoms with E-state index in [0.717, 1.165) is 23.2 Å². The third-order valence-electron chi connectivity index (χ3n) is 2.02. The molecule has 1 aromatic heterocycles. The van der Waals surface area contributed by atoms with Crippen LogP contribution in [0.1, 0.15) is 17.5 Å². The summed E-state index contributed by atoms with van der Waals surface area (Å²) in [6.45, 7) is 1.92. The predicted octanol–water partition coefficient (Wildman–Crippen LogP) is -1.13. The van der Waals surface area contributed by atoms with Gasteiger partial charge in [-0.15, -0.1) is 5.69 Å². The summed E-state index contributed by atoms with van der Waals surface area (Å²) in [5.41, 5.74) is 2.91. The maximum Gasteiger partial charge on any atom is 1.00 e. The topological polar surface area (TPSA) is 44.1 Å². The monoisotopic (exact) mass is 246 g/mol. The summed E-state index contributed by atoms with van der Waals surface area (Å²) < 4.78 is 0. The molecule has 0 atom stereocenters. The van der Waals surface area contributed by atoms with Crippen LogP contribution in [-0.4, -0.2) is 10.9 Å². The first kappa shape index (κ1) is 11.5. The number of carbonyl (C=O) groups is 1. The SMILES string of the molecule is Cc1cncc2c1[N-]C(=O)CC2.[Rb+]. The van der Waals surface area contributed by atoms with Crippen LogP contribution in [0.15, 0.2) is 12.4 Å². The third-order valence-corrected chi connectivity index (χ3v) is 2.02. The van der Waals surface area contributed by atoms with Crippen molar-refractivity contribution in [3.63, 3.8) is 0 Å². The normalized spacial score (nSPS) is 14.1. The summed E-state index contributed by atoms with van der Waals surface area (Å²) in [6, 6.07) is 0. The van der Waals surface area contributed by atoms with Crippen molar-refractivity contribution in [2.75, 3.05) is 0 Å². The number of nitrogens with zero attached hydrogens (tertiary/aromatic N) is 2. The minimum atomic E-state index is -0.0169. The van der Waals surface area contributed by atoms with Gasteiger partial charge >= 0.3 is 58.2 Å². The van der Waals surface area contributed by atoms with Gasteiger partial charge in [0.1, 0.15) is 0 Å². The number of aromatic nitrogens is 1. The number of aryl methyl sites for hydroxylation is 2. The molecule has 1 amide bonds. The maximum absolute atomic E-state index is 11.0. The third kappa shape index (κ3) is 2.46. The van der Waals surface area contributed by atoms with Crippen molar-refractivity contribution in [2.24, 2.45) is 0 Å². The van der Waals surface area contributed by atoms with Crippen molar-refractivity contribution in [3.05, 3.63) is 28.8 Å². The number of amides is 1. The second kappa shape index (κ2) is 4.78. The van der Waals surface area contributed by atoms with Crippen LogP contribution in [0, 0.1) is 6.92 Å². The molecule has 2 heterocycles. The maximum atomic E-state index is 11.0. The van der Waals surface area contributed by atoms with Gasteiger partial charge in [0.2, 0.25) is 0 Å². The van der Waals surface area contributed by atoms with E-state index in [-0.39, 0.29) is 64.1 Å². The quantitative estimate of drug-likeness (QED) is 0.582. The fourth-order valence-corrected chi connectivity index (χ4v) is 1.38. The number of fused-ring (bicyclic) bond motifs is 1. The molecule has 3 nitrogen and oxygen atoms in total. The van der Waals surface area contributed by atoms with Crippen LogP contribution in [0.5, 0.6) is 0 Å². The van der Waals surface area contributed by atoms with Crippen LogP contribution in [-0.2, 0) is 11.2 Å². The van der Waals surface area contributed by atoms with Gasteiger partial charge in [-0.3, -0.25) is 4.98 Å². The van der Waals surface area contributed by atoms with Gasteiger partial charge in [-0.05, 0) is 30.9 Å². The molecule has 13 heavy (non-hydrogen) atoms. The summed E-state index contributed by atoms with van der Waals surface area (Å²) in [7, 11) is 0. The fourth-order valence-electron chi connectivity index (χ4n) is 1.38. The molecular formula is C9H9N2ORb. The van der Waals surface area contributed by atoms with E-state index in [1.165, 1.54) is 0 Å². The van der Waals surface area contributed by atoms with Gasteiger partial charge in [-0.1, -0.05) is 0 Å². The Kier molecular flexibility index (Phi) is 4.23. The van der Waals surface area contributed by atoms with E-state index in [0.29, 0.717) is 6.42 Å². The van der Waals surface area contributed by atoms with E-state index in [1.807, 2.05) is 6.92 Å². The molecule has 4 heteroatoms. The zero-order chi connectivity index (χ0) is 8.55. The minimum Gasteiger partial charge on any atom is -0.626 e. The van der Waals surface area contributed by atoms with Crippen molar-refractivity contribution >= 4 is 11.6 Å². The van der Waals surface area contributed by atoms with Crippen molar-refractivity contribution in [2.45, 2.75) is 19.8 Å². The van der Waals surface area contributed by atoms with Gasteiger partial charge in [0.15, 0.2) is 0 Å². The number of hydrogen-bond acceptors (Lipinski definition) is 2. The van der Waals surface area contributed by atoms with Gasteiger partial charge < -0.3 is 10.1 Å². The molecule has 0 saturated heterocycles. The Labute approximate surface area is 126 Å². The van der Waals surface area contributed by atoms with Crippen LogP contribution in [0.2, 0.25) is 0 Å². The molecule has 0 aliphatic carbocycles. The molecule has 0 fully saturated rings. The standard InChI is InChI=1S/C9H10N2O.Rb/c1-6-4-10-5-7-2-3-8(12)11-9(6)7;/h4-5H,2-3H2,1H3,(H,10,11,12);/q;+1/p-1. The molecule has 1 aliphatic rings. The van der Waals surface area contributed by atoms with Gasteiger partial charge in [-0.25, -0.2) is 0 Å². The number of rotatable bonds is 0. The summed E-state index contributed by atoms with van der Waals surface area (Å²) >= 11 is 0. The van der Waals surface area contributed by atoms with Crippen LogP contribution < -0.4 is 58.2 Å². The average Bonchev–Trinajstić information content (AvgIpc) is 2.07. The molecule has 2 rings (SSSR count). The summed E-state index contributed by atoms with van der Waals surface area (Å²) in [4.78, 5) is 15.0. The fraction of sp³-hybridized carbons (Fsp3) is 0.333. The summed E-state index contributed by atoms with van der Waals surface area (Å²) in [5, 5.41) is 3.97. The number of pyridine rings is 1. The number of carbonyl (C=O) groups excluding carboxylic acids is 1. The average molecular weight is 247 g/mol. The minimum absolute atomic E-state index is 0. The Morgan fingerprint density at radius 3 is 2.92 bits per heavy atom. The number of hydrogen-bond donors (Lipinski definition) is 0. The van der Waals surface area contributed by atoms with Crippen molar-refractivity contribution in [1.82, 2.24) is 4.98 Å². The Hall–Kier alpha value is 0.425. The Balaban J connectivity index is 0.000000845. The van der Waals surface area contributed by atoms with Crippen molar-refractivity contribution in [1.29, 1.82) is 0 Å². The summed E-state index contributed by atoms with van der Waals surface area (Å²) in [5.74, 6) is -0.0169. The van der Waals surface area contributed by atoms with Crippen LogP contribution in [0.4, 0.5) is 5.69 Å². The second-order valence-corrected chi connectivity index (χ2v) is 2.97. The zero-order valence-electron chi connectivity index (χ0n) is 7.87.